The van der Waals surface area contributed by atoms with E-state index in [2.05, 4.69) is 127 Å². The zero-order valence-electron chi connectivity index (χ0n) is 26.3. The normalized spacial score (nSPS) is 11.7. The van der Waals surface area contributed by atoms with Gasteiger partial charge in [-0.05, 0) is 67.7 Å². The van der Waals surface area contributed by atoms with Gasteiger partial charge in [-0.3, -0.25) is 0 Å². The van der Waals surface area contributed by atoms with Gasteiger partial charge >= 0.3 is 0 Å². The van der Waals surface area contributed by atoms with E-state index in [0.29, 0.717) is 17.5 Å². The lowest BCUT2D eigenvalue weighted by Gasteiger charge is -2.14. The SMILES string of the molecule is c1ccc(-c2ccc3oc4cccc(-c5nc(-c6ccccc6)nc(-c6cc7c8ccccc8ccc7c7ccccc67)n5)c4c3c2)cc1. The lowest BCUT2D eigenvalue weighted by Crippen LogP contribution is -2.01. The summed E-state index contributed by atoms with van der Waals surface area (Å²) < 4.78 is 6.41. The number of fused-ring (bicyclic) bond motifs is 8. The van der Waals surface area contributed by atoms with E-state index in [-0.39, 0.29) is 0 Å². The molecule has 0 radical (unpaired) electrons. The highest BCUT2D eigenvalue weighted by Crippen LogP contribution is 2.40. The average molecular weight is 626 g/mol. The Morgan fingerprint density at radius 3 is 1.80 bits per heavy atom. The summed E-state index contributed by atoms with van der Waals surface area (Å²) in [5, 5.41) is 9.06. The summed E-state index contributed by atoms with van der Waals surface area (Å²) in [7, 11) is 0. The van der Waals surface area contributed by atoms with E-state index >= 15 is 0 Å². The van der Waals surface area contributed by atoms with Crippen molar-refractivity contribution in [3.05, 3.63) is 164 Å². The topological polar surface area (TPSA) is 51.8 Å². The second kappa shape index (κ2) is 11.0. The lowest BCUT2D eigenvalue weighted by molar-refractivity contribution is 0.669. The molecule has 0 atom stereocenters. The van der Waals surface area contributed by atoms with Gasteiger partial charge in [-0.2, -0.15) is 0 Å². The van der Waals surface area contributed by atoms with Crippen molar-refractivity contribution in [1.82, 2.24) is 15.0 Å². The summed E-state index contributed by atoms with van der Waals surface area (Å²) in [6.07, 6.45) is 0. The molecular formula is C45H27N3O. The fourth-order valence-corrected chi connectivity index (χ4v) is 7.20. The van der Waals surface area contributed by atoms with E-state index in [1.165, 1.54) is 26.9 Å². The third-order valence-electron chi connectivity index (χ3n) is 9.52. The van der Waals surface area contributed by atoms with Crippen LogP contribution in [-0.4, -0.2) is 15.0 Å². The van der Waals surface area contributed by atoms with Crippen molar-refractivity contribution in [1.29, 1.82) is 0 Å². The summed E-state index contributed by atoms with van der Waals surface area (Å²) in [4.78, 5) is 15.6. The van der Waals surface area contributed by atoms with E-state index in [1.807, 2.05) is 36.4 Å². The monoisotopic (exact) mass is 625 g/mol. The van der Waals surface area contributed by atoms with E-state index in [0.717, 1.165) is 55.1 Å². The molecule has 0 amide bonds. The molecule has 10 rings (SSSR count). The van der Waals surface area contributed by atoms with E-state index < -0.39 is 0 Å². The lowest BCUT2D eigenvalue weighted by atomic mass is 9.93. The first-order chi connectivity index (χ1) is 24.3. The minimum Gasteiger partial charge on any atom is -0.456 e. The second-order valence-corrected chi connectivity index (χ2v) is 12.4. The highest BCUT2D eigenvalue weighted by Gasteiger charge is 2.20. The maximum absolute atomic E-state index is 6.41. The minimum absolute atomic E-state index is 0.601. The van der Waals surface area contributed by atoms with Crippen molar-refractivity contribution in [2.24, 2.45) is 0 Å². The predicted octanol–water partition coefficient (Wildman–Crippen LogP) is 11.9. The zero-order valence-corrected chi connectivity index (χ0v) is 26.3. The predicted molar refractivity (Wildman–Crippen MR) is 201 cm³/mol. The Hall–Kier alpha value is -6.65. The Balaban J connectivity index is 1.27. The first-order valence-corrected chi connectivity index (χ1v) is 16.4. The van der Waals surface area contributed by atoms with Gasteiger partial charge in [0, 0.05) is 27.5 Å². The highest BCUT2D eigenvalue weighted by molar-refractivity contribution is 6.20. The molecule has 0 aliphatic heterocycles. The van der Waals surface area contributed by atoms with Crippen LogP contribution in [0.15, 0.2) is 168 Å². The van der Waals surface area contributed by atoms with Crippen molar-refractivity contribution in [3.63, 3.8) is 0 Å². The van der Waals surface area contributed by atoms with Crippen LogP contribution < -0.4 is 0 Å². The maximum atomic E-state index is 6.41. The van der Waals surface area contributed by atoms with E-state index in [9.17, 15) is 0 Å². The molecule has 0 fully saturated rings. The van der Waals surface area contributed by atoms with Gasteiger partial charge in [0.15, 0.2) is 17.5 Å². The first-order valence-electron chi connectivity index (χ1n) is 16.4. The van der Waals surface area contributed by atoms with E-state index in [1.54, 1.807) is 0 Å². The van der Waals surface area contributed by atoms with Gasteiger partial charge in [-0.25, -0.2) is 15.0 Å². The Kier molecular flexibility index (Phi) is 6.15. The largest absolute Gasteiger partial charge is 0.456 e. The van der Waals surface area contributed by atoms with Gasteiger partial charge in [0.05, 0.1) is 0 Å². The molecule has 0 saturated carbocycles. The molecule has 0 bridgehead atoms. The molecule has 10 aromatic rings. The molecule has 0 aliphatic rings. The third kappa shape index (κ3) is 4.49. The van der Waals surface area contributed by atoms with Crippen molar-refractivity contribution in [3.8, 4) is 45.3 Å². The van der Waals surface area contributed by atoms with Gasteiger partial charge in [0.25, 0.3) is 0 Å². The molecule has 49 heavy (non-hydrogen) atoms. The summed E-state index contributed by atoms with van der Waals surface area (Å²) in [6.45, 7) is 0. The van der Waals surface area contributed by atoms with Gasteiger partial charge in [0.2, 0.25) is 0 Å². The van der Waals surface area contributed by atoms with Crippen LogP contribution in [0.5, 0.6) is 0 Å². The number of hydrogen-bond donors (Lipinski definition) is 0. The van der Waals surface area contributed by atoms with Crippen molar-refractivity contribution in [2.45, 2.75) is 0 Å². The van der Waals surface area contributed by atoms with Crippen molar-refractivity contribution >= 4 is 54.3 Å². The first kappa shape index (κ1) is 27.5. The molecular weight excluding hydrogens is 599 g/mol. The van der Waals surface area contributed by atoms with Crippen LogP contribution >= 0.6 is 0 Å². The second-order valence-electron chi connectivity index (χ2n) is 12.4. The number of rotatable bonds is 4. The summed E-state index contributed by atoms with van der Waals surface area (Å²) in [5.41, 5.74) is 6.70. The molecule has 0 spiro atoms. The smallest absolute Gasteiger partial charge is 0.164 e. The van der Waals surface area contributed by atoms with Crippen molar-refractivity contribution in [2.75, 3.05) is 0 Å². The van der Waals surface area contributed by atoms with E-state index in [4.69, 9.17) is 19.4 Å². The number of benzene rings is 8. The molecule has 0 N–H and O–H groups in total. The average Bonchev–Trinajstić information content (AvgIpc) is 3.56. The molecule has 4 nitrogen and oxygen atoms in total. The molecule has 8 aromatic carbocycles. The minimum atomic E-state index is 0.601. The van der Waals surface area contributed by atoms with Gasteiger partial charge in [-0.1, -0.05) is 140 Å². The zero-order chi connectivity index (χ0) is 32.3. The fourth-order valence-electron chi connectivity index (χ4n) is 7.20. The number of nitrogens with zero attached hydrogens (tertiary/aromatic N) is 3. The van der Waals surface area contributed by atoms with Crippen LogP contribution in [0.1, 0.15) is 0 Å². The van der Waals surface area contributed by atoms with Crippen LogP contribution in [0.4, 0.5) is 0 Å². The molecule has 2 aromatic heterocycles. The van der Waals surface area contributed by atoms with Crippen LogP contribution in [-0.2, 0) is 0 Å². The molecule has 0 unspecified atom stereocenters. The Morgan fingerprint density at radius 2 is 0.980 bits per heavy atom. The van der Waals surface area contributed by atoms with Crippen molar-refractivity contribution < 1.29 is 4.42 Å². The van der Waals surface area contributed by atoms with Crippen LogP contribution in [0, 0.1) is 0 Å². The highest BCUT2D eigenvalue weighted by atomic mass is 16.3. The quantitative estimate of drug-likeness (QED) is 0.183. The molecule has 2 heterocycles. The molecule has 228 valence electrons. The standard InChI is InChI=1S/C45H27N3O/c1-3-12-28(13-4-1)31-23-25-40-39(26-31)42-36(20-11-21-41(42)49-40)44-46-43(30-15-5-2-6-16-30)47-45(48-44)38-27-37-32-17-8-7-14-29(32)22-24-35(37)33-18-9-10-19-34(33)38/h1-27H. The molecule has 0 saturated heterocycles. The van der Waals surface area contributed by atoms with Crippen LogP contribution in [0.25, 0.3) is 99.5 Å². The van der Waals surface area contributed by atoms with Crippen LogP contribution in [0.2, 0.25) is 0 Å². The third-order valence-corrected chi connectivity index (χ3v) is 9.52. The van der Waals surface area contributed by atoms with Gasteiger partial charge in [0.1, 0.15) is 11.2 Å². The van der Waals surface area contributed by atoms with Crippen LogP contribution in [0.3, 0.4) is 0 Å². The Labute approximate surface area is 282 Å². The summed E-state index contributed by atoms with van der Waals surface area (Å²) in [5.74, 6) is 1.85. The van der Waals surface area contributed by atoms with Gasteiger partial charge < -0.3 is 4.42 Å². The Bertz CT molecular complexity index is 2880. The maximum Gasteiger partial charge on any atom is 0.164 e. The summed E-state index contributed by atoms with van der Waals surface area (Å²) >= 11 is 0. The molecule has 4 heteroatoms. The summed E-state index contributed by atoms with van der Waals surface area (Å²) in [6, 6.07) is 56.9. The number of hydrogen-bond acceptors (Lipinski definition) is 4. The number of furan rings is 1. The molecule has 0 aliphatic carbocycles. The Morgan fingerprint density at radius 1 is 0.327 bits per heavy atom. The number of aromatic nitrogens is 3. The fraction of sp³-hybridized carbons (Fsp3) is 0. The van der Waals surface area contributed by atoms with Gasteiger partial charge in [-0.15, -0.1) is 0 Å².